The van der Waals surface area contributed by atoms with E-state index in [2.05, 4.69) is 0 Å². The molecule has 0 aliphatic rings. The highest BCUT2D eigenvalue weighted by Gasteiger charge is 2.32. The molecule has 0 aliphatic heterocycles. The third kappa shape index (κ3) is 2.08. The third-order valence-electron chi connectivity index (χ3n) is 2.07. The molecule has 1 rings (SSSR count). The highest BCUT2D eigenvalue weighted by atomic mass is 16.5. The maximum Gasteiger partial charge on any atom is 0.251 e. The maximum absolute atomic E-state index is 10.9. The molecule has 0 aliphatic carbocycles. The van der Waals surface area contributed by atoms with Gasteiger partial charge in [-0.3, -0.25) is 4.79 Å². The number of carbonyl (C=O) groups excluding carboxylic acids is 1. The highest BCUT2D eigenvalue weighted by molar-refractivity contribution is 5.84. The summed E-state index contributed by atoms with van der Waals surface area (Å²) in [7, 11) is 1.32. The fourth-order valence-electron chi connectivity index (χ4n) is 1.10. The first-order chi connectivity index (χ1) is 6.89. The Labute approximate surface area is 86.5 Å². The van der Waals surface area contributed by atoms with Gasteiger partial charge in [-0.15, -0.1) is 0 Å². The van der Waals surface area contributed by atoms with Crippen molar-refractivity contribution in [2.24, 2.45) is 0 Å². The van der Waals surface area contributed by atoms with Gasteiger partial charge in [0, 0.05) is 12.5 Å². The number of rotatable bonds is 3. The van der Waals surface area contributed by atoms with E-state index in [9.17, 15) is 20.1 Å². The van der Waals surface area contributed by atoms with E-state index in [1.807, 2.05) is 0 Å². The van der Waals surface area contributed by atoms with Crippen molar-refractivity contribution in [1.29, 1.82) is 0 Å². The molecule has 0 saturated heterocycles. The second kappa shape index (κ2) is 3.88. The van der Waals surface area contributed by atoms with Gasteiger partial charge >= 0.3 is 0 Å². The van der Waals surface area contributed by atoms with Gasteiger partial charge in [-0.25, -0.2) is 0 Å². The Morgan fingerprint density at radius 3 is 2.47 bits per heavy atom. The van der Waals surface area contributed by atoms with E-state index in [0.29, 0.717) is 0 Å². The molecule has 1 aromatic carbocycles. The molecule has 3 N–H and O–H groups in total. The van der Waals surface area contributed by atoms with Crippen LogP contribution in [0.2, 0.25) is 0 Å². The summed E-state index contributed by atoms with van der Waals surface area (Å²) in [6.45, 7) is 1.05. The van der Waals surface area contributed by atoms with Crippen LogP contribution in [0.25, 0.3) is 0 Å². The molecule has 0 amide bonds. The van der Waals surface area contributed by atoms with Gasteiger partial charge in [-0.05, 0) is 18.2 Å². The normalized spacial score (nSPS) is 11.2. The summed E-state index contributed by atoms with van der Waals surface area (Å²) in [6, 6.07) is 3.65. The van der Waals surface area contributed by atoms with Crippen molar-refractivity contribution < 1.29 is 24.9 Å². The van der Waals surface area contributed by atoms with Crippen LogP contribution in [-0.4, -0.2) is 28.2 Å². The van der Waals surface area contributed by atoms with Crippen LogP contribution in [-0.2, 0) is 10.6 Å². The summed E-state index contributed by atoms with van der Waals surface area (Å²) in [5.74, 6) is -3.43. The number of carbonyl (C=O) groups is 1. The molecule has 0 fully saturated rings. The number of aromatic hydroxyl groups is 1. The molecular formula is C10H12O5. The average molecular weight is 212 g/mol. The Morgan fingerprint density at radius 2 is 2.00 bits per heavy atom. The van der Waals surface area contributed by atoms with E-state index in [-0.39, 0.29) is 17.1 Å². The van der Waals surface area contributed by atoms with Gasteiger partial charge < -0.3 is 20.1 Å². The van der Waals surface area contributed by atoms with Crippen molar-refractivity contribution in [3.05, 3.63) is 23.8 Å². The molecule has 5 nitrogen and oxygen atoms in total. The van der Waals surface area contributed by atoms with Gasteiger partial charge in [0.05, 0.1) is 7.11 Å². The fraction of sp³-hybridized carbons (Fsp3) is 0.300. The van der Waals surface area contributed by atoms with E-state index in [4.69, 9.17) is 4.74 Å². The Morgan fingerprint density at radius 1 is 1.40 bits per heavy atom. The standard InChI is InChI=1S/C10H12O5/c1-6(11)10(13,14)7-3-4-8(12)9(5-7)15-2/h3-5,12-14H,1-2H3. The molecule has 0 bridgehead atoms. The van der Waals surface area contributed by atoms with Crippen molar-refractivity contribution in [3.63, 3.8) is 0 Å². The zero-order chi connectivity index (χ0) is 11.6. The van der Waals surface area contributed by atoms with Crippen LogP contribution < -0.4 is 4.74 Å². The molecule has 15 heavy (non-hydrogen) atoms. The largest absolute Gasteiger partial charge is 0.504 e. The molecule has 5 heteroatoms. The lowest BCUT2D eigenvalue weighted by Crippen LogP contribution is -2.33. The van der Waals surface area contributed by atoms with E-state index in [1.165, 1.54) is 25.3 Å². The van der Waals surface area contributed by atoms with Gasteiger partial charge in [0.15, 0.2) is 17.3 Å². The van der Waals surface area contributed by atoms with Crippen LogP contribution in [0.15, 0.2) is 18.2 Å². The minimum Gasteiger partial charge on any atom is -0.504 e. The molecule has 1 aromatic rings. The van der Waals surface area contributed by atoms with Crippen molar-refractivity contribution in [3.8, 4) is 11.5 Å². The lowest BCUT2D eigenvalue weighted by atomic mass is 10.0. The molecule has 0 saturated carbocycles. The quantitative estimate of drug-likeness (QED) is 0.620. The number of benzene rings is 1. The second-order valence-corrected chi connectivity index (χ2v) is 3.12. The molecule has 0 atom stereocenters. The van der Waals surface area contributed by atoms with E-state index in [1.54, 1.807) is 0 Å². The Bertz CT molecular complexity index is 383. The predicted octanol–water partition coefficient (Wildman–Crippen LogP) is 0.127. The summed E-state index contributed by atoms with van der Waals surface area (Å²) in [6.07, 6.45) is 0. The minimum atomic E-state index is -2.55. The number of methoxy groups -OCH3 is 1. The van der Waals surface area contributed by atoms with Gasteiger partial charge in [-0.1, -0.05) is 0 Å². The smallest absolute Gasteiger partial charge is 0.251 e. The van der Waals surface area contributed by atoms with E-state index < -0.39 is 11.6 Å². The lowest BCUT2D eigenvalue weighted by molar-refractivity contribution is -0.185. The number of aliphatic hydroxyl groups is 2. The van der Waals surface area contributed by atoms with Gasteiger partial charge in [0.25, 0.3) is 5.79 Å². The number of phenolic OH excluding ortho intramolecular Hbond substituents is 1. The van der Waals surface area contributed by atoms with E-state index in [0.717, 1.165) is 6.92 Å². The van der Waals surface area contributed by atoms with Gasteiger partial charge in [-0.2, -0.15) is 0 Å². The first kappa shape index (κ1) is 11.5. The average Bonchev–Trinajstić information content (AvgIpc) is 2.18. The molecule has 0 unspecified atom stereocenters. The first-order valence-corrected chi connectivity index (χ1v) is 4.23. The number of phenols is 1. The number of hydrogen-bond donors (Lipinski definition) is 3. The summed E-state index contributed by atoms with van der Waals surface area (Å²) >= 11 is 0. The van der Waals surface area contributed by atoms with Gasteiger partial charge in [0.1, 0.15) is 0 Å². The van der Waals surface area contributed by atoms with Crippen LogP contribution in [0, 0.1) is 0 Å². The zero-order valence-electron chi connectivity index (χ0n) is 8.39. The highest BCUT2D eigenvalue weighted by Crippen LogP contribution is 2.30. The summed E-state index contributed by atoms with van der Waals surface area (Å²) in [5, 5.41) is 28.2. The Balaban J connectivity index is 3.22. The maximum atomic E-state index is 10.9. The van der Waals surface area contributed by atoms with Crippen LogP contribution in [0.1, 0.15) is 12.5 Å². The second-order valence-electron chi connectivity index (χ2n) is 3.12. The Hall–Kier alpha value is -1.59. The molecule has 82 valence electrons. The topological polar surface area (TPSA) is 87.0 Å². The number of ether oxygens (including phenoxy) is 1. The molecule has 0 heterocycles. The number of Topliss-reactive ketones (excluding diaryl/α,β-unsaturated/α-hetero) is 1. The van der Waals surface area contributed by atoms with Crippen molar-refractivity contribution >= 4 is 5.78 Å². The van der Waals surface area contributed by atoms with Crippen molar-refractivity contribution in [2.45, 2.75) is 12.7 Å². The molecule has 0 aromatic heterocycles. The van der Waals surface area contributed by atoms with Crippen LogP contribution in [0.5, 0.6) is 11.5 Å². The zero-order valence-corrected chi connectivity index (χ0v) is 8.39. The van der Waals surface area contributed by atoms with Crippen molar-refractivity contribution in [2.75, 3.05) is 7.11 Å². The first-order valence-electron chi connectivity index (χ1n) is 4.23. The summed E-state index contributed by atoms with van der Waals surface area (Å²) in [5.41, 5.74) is -0.0512. The summed E-state index contributed by atoms with van der Waals surface area (Å²) < 4.78 is 4.78. The Kier molecular flexibility index (Phi) is 2.97. The lowest BCUT2D eigenvalue weighted by Gasteiger charge is -2.19. The summed E-state index contributed by atoms with van der Waals surface area (Å²) in [4.78, 5) is 10.9. The third-order valence-corrected chi connectivity index (χ3v) is 2.07. The van der Waals surface area contributed by atoms with Crippen LogP contribution in [0.4, 0.5) is 0 Å². The predicted molar refractivity (Wildman–Crippen MR) is 51.5 cm³/mol. The molecule has 0 radical (unpaired) electrons. The van der Waals surface area contributed by atoms with Crippen molar-refractivity contribution in [1.82, 2.24) is 0 Å². The van der Waals surface area contributed by atoms with E-state index >= 15 is 0 Å². The molecule has 0 spiro atoms. The number of hydrogen-bond acceptors (Lipinski definition) is 5. The monoisotopic (exact) mass is 212 g/mol. The van der Waals surface area contributed by atoms with Crippen LogP contribution >= 0.6 is 0 Å². The SMILES string of the molecule is COc1cc(C(O)(O)C(C)=O)ccc1O. The number of ketones is 1. The van der Waals surface area contributed by atoms with Gasteiger partial charge in [0.2, 0.25) is 0 Å². The van der Waals surface area contributed by atoms with Crippen LogP contribution in [0.3, 0.4) is 0 Å². The fourth-order valence-corrected chi connectivity index (χ4v) is 1.10. The molecular weight excluding hydrogens is 200 g/mol. The minimum absolute atomic E-state index is 0.0512.